The van der Waals surface area contributed by atoms with Crippen LogP contribution in [-0.2, 0) is 17.6 Å². The molecule has 7 heteroatoms. The topological polar surface area (TPSA) is 75.6 Å². The van der Waals surface area contributed by atoms with Crippen LogP contribution in [0.15, 0.2) is 39.7 Å². The molecular weight excluding hydrogens is 444 g/mol. The van der Waals surface area contributed by atoms with E-state index in [1.165, 1.54) is 4.88 Å². The number of aryl methyl sites for hydroxylation is 1. The van der Waals surface area contributed by atoms with Crippen molar-refractivity contribution in [3.63, 3.8) is 0 Å². The van der Waals surface area contributed by atoms with E-state index in [2.05, 4.69) is 11.1 Å². The molecule has 0 aliphatic heterocycles. The van der Waals surface area contributed by atoms with E-state index in [1.807, 2.05) is 19.1 Å². The number of furan rings is 1. The zero-order valence-corrected chi connectivity index (χ0v) is 19.4. The number of thiophene rings is 1. The highest BCUT2D eigenvalue weighted by Gasteiger charge is 2.20. The van der Waals surface area contributed by atoms with Crippen molar-refractivity contribution in [2.45, 2.75) is 45.4 Å². The molecule has 3 aromatic rings. The summed E-state index contributed by atoms with van der Waals surface area (Å²) in [6.07, 6.45) is 7.66. The summed E-state index contributed by atoms with van der Waals surface area (Å²) in [7, 11) is 0. The fourth-order valence-electron chi connectivity index (χ4n) is 3.68. The molecule has 0 unspecified atom stereocenters. The summed E-state index contributed by atoms with van der Waals surface area (Å²) in [5, 5.41) is 10.7. The Bertz CT molecular complexity index is 1200. The molecule has 0 spiro atoms. The van der Waals surface area contributed by atoms with Crippen molar-refractivity contribution in [3.05, 3.63) is 62.7 Å². The van der Waals surface area contributed by atoms with Crippen LogP contribution in [0.1, 0.15) is 64.7 Å². The molecule has 0 saturated carbocycles. The Hall–Kier alpha value is -2.88. The normalized spacial score (nSPS) is 13.2. The highest BCUT2D eigenvalue weighted by Crippen LogP contribution is 2.39. The molecule has 32 heavy (non-hydrogen) atoms. The second-order valence-electron chi connectivity index (χ2n) is 7.65. The maximum atomic E-state index is 12.3. The molecule has 0 fully saturated rings. The zero-order chi connectivity index (χ0) is 22.5. The minimum Gasteiger partial charge on any atom is -0.462 e. The molecule has 0 amide bonds. The van der Waals surface area contributed by atoms with Gasteiger partial charge in [0.2, 0.25) is 0 Å². The van der Waals surface area contributed by atoms with Crippen molar-refractivity contribution in [2.24, 2.45) is 4.99 Å². The van der Waals surface area contributed by atoms with Gasteiger partial charge in [-0.05, 0) is 68.0 Å². The molecule has 0 radical (unpaired) electrons. The number of nitriles is 1. The number of ether oxygens (including phenoxy) is 1. The van der Waals surface area contributed by atoms with Crippen molar-refractivity contribution in [2.75, 3.05) is 6.61 Å². The van der Waals surface area contributed by atoms with Gasteiger partial charge in [-0.2, -0.15) is 5.26 Å². The van der Waals surface area contributed by atoms with E-state index in [1.54, 1.807) is 35.8 Å². The average molecular weight is 467 g/mol. The van der Waals surface area contributed by atoms with Gasteiger partial charge in [-0.3, -0.25) is 0 Å². The maximum absolute atomic E-state index is 12.3. The van der Waals surface area contributed by atoms with Crippen LogP contribution in [0, 0.1) is 11.3 Å². The van der Waals surface area contributed by atoms with Crippen LogP contribution in [0.3, 0.4) is 0 Å². The number of hydrogen-bond donors (Lipinski definition) is 0. The number of unbranched alkanes of at least 4 members (excludes halogenated alkanes) is 1. The standard InChI is InChI=1S/C25H23ClN2O3S/c1-2-3-12-30-25(29)19-13-16(8-10-21(19)26)22-11-9-17(31-22)15-28-24-20(14-27)18-6-4-5-7-23(18)32-24/h8-11,13,15H,2-7,12H2,1H3/b28-15+. The molecule has 0 atom stereocenters. The zero-order valence-electron chi connectivity index (χ0n) is 17.8. The van der Waals surface area contributed by atoms with Gasteiger partial charge in [0.25, 0.3) is 0 Å². The fraction of sp³-hybridized carbons (Fsp3) is 0.320. The number of aliphatic imine (C=N–C) groups is 1. The third-order valence-electron chi connectivity index (χ3n) is 5.40. The van der Waals surface area contributed by atoms with E-state index < -0.39 is 5.97 Å². The number of carbonyl (C=O) groups is 1. The summed E-state index contributed by atoms with van der Waals surface area (Å²) in [6, 6.07) is 11.1. The summed E-state index contributed by atoms with van der Waals surface area (Å²) >= 11 is 7.80. The van der Waals surface area contributed by atoms with Gasteiger partial charge < -0.3 is 9.15 Å². The molecule has 5 nitrogen and oxygen atoms in total. The van der Waals surface area contributed by atoms with Crippen LogP contribution in [0.25, 0.3) is 11.3 Å². The molecule has 164 valence electrons. The molecular formula is C25H23ClN2O3S. The van der Waals surface area contributed by atoms with Gasteiger partial charge in [0, 0.05) is 10.4 Å². The molecule has 4 rings (SSSR count). The molecule has 1 aliphatic rings. The van der Waals surface area contributed by atoms with Crippen LogP contribution < -0.4 is 0 Å². The predicted octanol–water partition coefficient (Wildman–Crippen LogP) is 7.12. The van der Waals surface area contributed by atoms with Gasteiger partial charge >= 0.3 is 5.97 Å². The highest BCUT2D eigenvalue weighted by atomic mass is 35.5. The molecule has 0 bridgehead atoms. The summed E-state index contributed by atoms with van der Waals surface area (Å²) in [4.78, 5) is 18.2. The van der Waals surface area contributed by atoms with E-state index in [0.29, 0.717) is 34.3 Å². The average Bonchev–Trinajstić information content (AvgIpc) is 3.42. The number of esters is 1. The quantitative estimate of drug-likeness (QED) is 0.211. The van der Waals surface area contributed by atoms with Crippen molar-refractivity contribution >= 4 is 40.1 Å². The van der Waals surface area contributed by atoms with E-state index in [4.69, 9.17) is 20.8 Å². The number of rotatable bonds is 7. The molecule has 1 aliphatic carbocycles. The predicted molar refractivity (Wildman–Crippen MR) is 127 cm³/mol. The molecule has 2 heterocycles. The number of carbonyl (C=O) groups excluding carboxylic acids is 1. The van der Waals surface area contributed by atoms with Gasteiger partial charge in [0.15, 0.2) is 0 Å². The lowest BCUT2D eigenvalue weighted by Gasteiger charge is -2.09. The first-order valence-electron chi connectivity index (χ1n) is 10.8. The number of nitrogens with zero attached hydrogens (tertiary/aromatic N) is 2. The molecule has 0 saturated heterocycles. The van der Waals surface area contributed by atoms with E-state index in [-0.39, 0.29) is 0 Å². The highest BCUT2D eigenvalue weighted by molar-refractivity contribution is 7.16. The first kappa shape index (κ1) is 22.3. The molecule has 2 aromatic heterocycles. The lowest BCUT2D eigenvalue weighted by molar-refractivity contribution is 0.0500. The third kappa shape index (κ3) is 4.79. The third-order valence-corrected chi connectivity index (χ3v) is 6.93. The second-order valence-corrected chi connectivity index (χ2v) is 9.14. The Kier molecular flexibility index (Phi) is 7.09. The lowest BCUT2D eigenvalue weighted by atomic mass is 9.96. The molecule has 0 N–H and O–H groups in total. The van der Waals surface area contributed by atoms with Crippen molar-refractivity contribution < 1.29 is 13.9 Å². The van der Waals surface area contributed by atoms with Crippen LogP contribution in [0.5, 0.6) is 0 Å². The minimum absolute atomic E-state index is 0.315. The SMILES string of the molecule is CCCCOC(=O)c1cc(-c2ccc(/C=N/c3sc4c(c3C#N)CCCC4)o2)ccc1Cl. The van der Waals surface area contributed by atoms with Crippen LogP contribution >= 0.6 is 22.9 Å². The van der Waals surface area contributed by atoms with Gasteiger partial charge in [-0.1, -0.05) is 24.9 Å². The summed E-state index contributed by atoms with van der Waals surface area (Å²) < 4.78 is 11.2. The van der Waals surface area contributed by atoms with E-state index >= 15 is 0 Å². The maximum Gasteiger partial charge on any atom is 0.339 e. The van der Waals surface area contributed by atoms with Gasteiger partial charge in [0.05, 0.1) is 29.0 Å². The van der Waals surface area contributed by atoms with E-state index in [9.17, 15) is 10.1 Å². The van der Waals surface area contributed by atoms with Crippen LogP contribution in [0.2, 0.25) is 5.02 Å². The second kappa shape index (κ2) is 10.2. The first-order chi connectivity index (χ1) is 15.6. The Labute approximate surface area is 196 Å². The monoisotopic (exact) mass is 466 g/mol. The fourth-order valence-corrected chi connectivity index (χ4v) is 5.06. The summed E-state index contributed by atoms with van der Waals surface area (Å²) in [5.41, 5.74) is 2.89. The Morgan fingerprint density at radius 2 is 2.16 bits per heavy atom. The first-order valence-corrected chi connectivity index (χ1v) is 12.0. The van der Waals surface area contributed by atoms with Gasteiger partial charge in [0.1, 0.15) is 22.6 Å². The largest absolute Gasteiger partial charge is 0.462 e. The summed E-state index contributed by atoms with van der Waals surface area (Å²) in [5.74, 6) is 0.721. The Morgan fingerprint density at radius 3 is 2.97 bits per heavy atom. The Morgan fingerprint density at radius 1 is 1.31 bits per heavy atom. The van der Waals surface area contributed by atoms with Crippen LogP contribution in [0.4, 0.5) is 5.00 Å². The minimum atomic E-state index is -0.440. The van der Waals surface area contributed by atoms with E-state index in [0.717, 1.165) is 54.7 Å². The summed E-state index contributed by atoms with van der Waals surface area (Å²) in [6.45, 7) is 2.40. The number of halogens is 1. The van der Waals surface area contributed by atoms with Crippen molar-refractivity contribution in [1.82, 2.24) is 0 Å². The number of fused-ring (bicyclic) bond motifs is 1. The van der Waals surface area contributed by atoms with Gasteiger partial charge in [-0.15, -0.1) is 11.3 Å². The lowest BCUT2D eigenvalue weighted by Crippen LogP contribution is -2.07. The number of hydrogen-bond acceptors (Lipinski definition) is 6. The Balaban J connectivity index is 1.53. The van der Waals surface area contributed by atoms with Crippen molar-refractivity contribution in [3.8, 4) is 17.4 Å². The van der Waals surface area contributed by atoms with Crippen LogP contribution in [-0.4, -0.2) is 18.8 Å². The number of benzene rings is 1. The smallest absolute Gasteiger partial charge is 0.339 e. The van der Waals surface area contributed by atoms with Crippen molar-refractivity contribution in [1.29, 1.82) is 5.26 Å². The molecule has 1 aromatic carbocycles. The van der Waals surface area contributed by atoms with Gasteiger partial charge in [-0.25, -0.2) is 9.79 Å².